The first kappa shape index (κ1) is 8.62. The second-order valence-corrected chi connectivity index (χ2v) is 2.88. The number of hydrogen-bond donors (Lipinski definition) is 1. The molecule has 2 rings (SSSR count). The Morgan fingerprint density at radius 3 is 2.93 bits per heavy atom. The lowest BCUT2D eigenvalue weighted by atomic mass is 10.1. The molecule has 0 aromatic carbocycles. The summed E-state index contributed by atoms with van der Waals surface area (Å²) in [5.74, 6) is -0.948. The number of carboxylic acids is 1. The summed E-state index contributed by atoms with van der Waals surface area (Å²) in [5.41, 5.74) is 1.30. The third kappa shape index (κ3) is 1.42. The Morgan fingerprint density at radius 2 is 2.29 bits per heavy atom. The molecule has 2 heterocycles. The quantitative estimate of drug-likeness (QED) is 0.753. The van der Waals surface area contributed by atoms with E-state index in [1.165, 1.54) is 6.21 Å². The molecule has 0 bridgehead atoms. The molecule has 1 atom stereocenters. The molecule has 1 aliphatic heterocycles. The maximum Gasteiger partial charge on any atom is 0.333 e. The summed E-state index contributed by atoms with van der Waals surface area (Å²) in [6.07, 6.45) is 4.82. The molecule has 1 aromatic heterocycles. The highest BCUT2D eigenvalue weighted by atomic mass is 16.4. The van der Waals surface area contributed by atoms with E-state index in [1.807, 2.05) is 6.07 Å². The summed E-state index contributed by atoms with van der Waals surface area (Å²) >= 11 is 0. The minimum atomic E-state index is -0.948. The zero-order valence-electron chi connectivity index (χ0n) is 7.29. The molecule has 70 valence electrons. The van der Waals surface area contributed by atoms with Crippen LogP contribution in [0, 0.1) is 0 Å². The van der Waals surface area contributed by atoms with Gasteiger partial charge in [-0.05, 0) is 18.2 Å². The van der Waals surface area contributed by atoms with E-state index in [1.54, 1.807) is 24.4 Å². The van der Waals surface area contributed by atoms with Crippen molar-refractivity contribution in [3.8, 4) is 0 Å². The lowest BCUT2D eigenvalue weighted by molar-refractivity contribution is -0.136. The molecule has 0 aliphatic carbocycles. The van der Waals surface area contributed by atoms with E-state index in [0.29, 0.717) is 11.3 Å². The lowest BCUT2D eigenvalue weighted by Crippen LogP contribution is -2.17. The van der Waals surface area contributed by atoms with Crippen LogP contribution in [-0.4, -0.2) is 28.3 Å². The van der Waals surface area contributed by atoms with Gasteiger partial charge in [0.25, 0.3) is 0 Å². The Labute approximate surface area is 80.6 Å². The predicted octanol–water partition coefficient (Wildman–Crippen LogP) is 1.00. The Bertz CT molecular complexity index is 409. The fourth-order valence-electron chi connectivity index (χ4n) is 1.34. The van der Waals surface area contributed by atoms with Crippen LogP contribution in [0.3, 0.4) is 0 Å². The largest absolute Gasteiger partial charge is 0.479 e. The van der Waals surface area contributed by atoms with Gasteiger partial charge in [0.15, 0.2) is 6.04 Å². The van der Waals surface area contributed by atoms with Crippen LogP contribution in [-0.2, 0) is 4.79 Å². The van der Waals surface area contributed by atoms with Gasteiger partial charge in [-0.1, -0.05) is 6.07 Å². The van der Waals surface area contributed by atoms with E-state index >= 15 is 0 Å². The van der Waals surface area contributed by atoms with Gasteiger partial charge < -0.3 is 5.11 Å². The van der Waals surface area contributed by atoms with Crippen molar-refractivity contribution in [2.45, 2.75) is 6.04 Å². The van der Waals surface area contributed by atoms with Crippen LogP contribution in [0.2, 0.25) is 0 Å². The summed E-state index contributed by atoms with van der Waals surface area (Å²) < 4.78 is 0. The van der Waals surface area contributed by atoms with Crippen LogP contribution in [0.1, 0.15) is 5.69 Å². The molecule has 1 unspecified atom stereocenters. The highest BCUT2D eigenvalue weighted by Crippen LogP contribution is 2.21. The minimum absolute atomic E-state index is 0.637. The first-order valence-corrected chi connectivity index (χ1v) is 4.16. The number of aliphatic carboxylic acids is 1. The minimum Gasteiger partial charge on any atom is -0.479 e. The molecule has 14 heavy (non-hydrogen) atoms. The number of rotatable bonds is 2. The highest BCUT2D eigenvalue weighted by Gasteiger charge is 2.25. The average molecular weight is 188 g/mol. The van der Waals surface area contributed by atoms with Crippen molar-refractivity contribution in [1.29, 1.82) is 0 Å². The monoisotopic (exact) mass is 188 g/mol. The van der Waals surface area contributed by atoms with Crippen molar-refractivity contribution < 1.29 is 9.90 Å². The van der Waals surface area contributed by atoms with E-state index in [2.05, 4.69) is 9.98 Å². The molecule has 0 fully saturated rings. The molecule has 1 aliphatic rings. The van der Waals surface area contributed by atoms with Gasteiger partial charge in [0.2, 0.25) is 0 Å². The van der Waals surface area contributed by atoms with Crippen LogP contribution < -0.4 is 0 Å². The predicted molar refractivity (Wildman–Crippen MR) is 52.1 cm³/mol. The third-order valence-corrected chi connectivity index (χ3v) is 1.98. The van der Waals surface area contributed by atoms with Crippen LogP contribution in [0.4, 0.5) is 0 Å². The van der Waals surface area contributed by atoms with Crippen molar-refractivity contribution in [3.63, 3.8) is 0 Å². The summed E-state index contributed by atoms with van der Waals surface area (Å²) in [4.78, 5) is 18.7. The van der Waals surface area contributed by atoms with Crippen molar-refractivity contribution in [2.24, 2.45) is 4.99 Å². The fourth-order valence-corrected chi connectivity index (χ4v) is 1.34. The molecule has 1 aromatic rings. The van der Waals surface area contributed by atoms with Crippen LogP contribution in [0.25, 0.3) is 5.57 Å². The topological polar surface area (TPSA) is 62.5 Å². The number of aromatic nitrogens is 1. The Kier molecular flexibility index (Phi) is 2.10. The fraction of sp³-hybridized carbons (Fsp3) is 0.100. The number of nitrogens with zero attached hydrogens (tertiary/aromatic N) is 2. The standard InChI is InChI=1S/C10H8N2O2/c13-10(14)9-7(4-6-12-9)8-3-1-2-5-11-8/h1-6,9H,(H,13,14). The van der Waals surface area contributed by atoms with E-state index in [9.17, 15) is 4.79 Å². The molecule has 1 N–H and O–H groups in total. The molecule has 0 saturated heterocycles. The van der Waals surface area contributed by atoms with Gasteiger partial charge in [-0.15, -0.1) is 0 Å². The number of pyridine rings is 1. The lowest BCUT2D eigenvalue weighted by Gasteiger charge is -2.06. The van der Waals surface area contributed by atoms with Gasteiger partial charge in [-0.3, -0.25) is 9.98 Å². The summed E-state index contributed by atoms with van der Waals surface area (Å²) in [5, 5.41) is 8.86. The van der Waals surface area contributed by atoms with Gasteiger partial charge in [-0.2, -0.15) is 0 Å². The summed E-state index contributed by atoms with van der Waals surface area (Å²) in [7, 11) is 0. The molecule has 0 amide bonds. The van der Waals surface area contributed by atoms with Gasteiger partial charge in [0.1, 0.15) is 0 Å². The number of aliphatic imine (C=N–C) groups is 1. The van der Waals surface area contributed by atoms with Crippen LogP contribution >= 0.6 is 0 Å². The normalized spacial score (nSPS) is 19.4. The van der Waals surface area contributed by atoms with Crippen LogP contribution in [0.5, 0.6) is 0 Å². The van der Waals surface area contributed by atoms with E-state index in [0.717, 1.165) is 0 Å². The van der Waals surface area contributed by atoms with Crippen molar-refractivity contribution >= 4 is 17.8 Å². The molecular formula is C10H8N2O2. The maximum atomic E-state index is 10.8. The molecular weight excluding hydrogens is 180 g/mol. The number of hydrogen-bond acceptors (Lipinski definition) is 3. The van der Waals surface area contributed by atoms with Gasteiger partial charge in [-0.25, -0.2) is 4.79 Å². The molecule has 0 saturated carbocycles. The third-order valence-electron chi connectivity index (χ3n) is 1.98. The Morgan fingerprint density at radius 1 is 1.43 bits per heavy atom. The smallest absolute Gasteiger partial charge is 0.333 e. The van der Waals surface area contributed by atoms with E-state index in [-0.39, 0.29) is 0 Å². The second kappa shape index (κ2) is 3.41. The SMILES string of the molecule is O=C(O)C1N=CC=C1c1ccccn1. The van der Waals surface area contributed by atoms with Crippen LogP contribution in [0.15, 0.2) is 35.5 Å². The number of carbonyl (C=O) groups is 1. The summed E-state index contributed by atoms with van der Waals surface area (Å²) in [6.45, 7) is 0. The van der Waals surface area contributed by atoms with E-state index < -0.39 is 12.0 Å². The second-order valence-electron chi connectivity index (χ2n) is 2.88. The zero-order chi connectivity index (χ0) is 9.97. The molecule has 4 heteroatoms. The Balaban J connectivity index is 2.33. The average Bonchev–Trinajstić information content (AvgIpc) is 2.67. The van der Waals surface area contributed by atoms with Crippen molar-refractivity contribution in [1.82, 2.24) is 4.98 Å². The number of carboxylic acid groups (broad SMARTS) is 1. The number of allylic oxidation sites excluding steroid dienone is 1. The first-order valence-electron chi connectivity index (χ1n) is 4.16. The van der Waals surface area contributed by atoms with Gasteiger partial charge in [0.05, 0.1) is 5.69 Å². The van der Waals surface area contributed by atoms with Crippen molar-refractivity contribution in [2.75, 3.05) is 0 Å². The first-order chi connectivity index (χ1) is 6.79. The van der Waals surface area contributed by atoms with E-state index in [4.69, 9.17) is 5.11 Å². The maximum absolute atomic E-state index is 10.8. The molecule has 0 spiro atoms. The van der Waals surface area contributed by atoms with Gasteiger partial charge >= 0.3 is 5.97 Å². The van der Waals surface area contributed by atoms with Crippen molar-refractivity contribution in [3.05, 3.63) is 36.2 Å². The molecule has 4 nitrogen and oxygen atoms in total. The van der Waals surface area contributed by atoms with Gasteiger partial charge in [0, 0.05) is 18.0 Å². The summed E-state index contributed by atoms with van der Waals surface area (Å²) in [6, 6.07) is 4.58. The zero-order valence-corrected chi connectivity index (χ0v) is 7.29. The Hall–Kier alpha value is -1.97. The molecule has 0 radical (unpaired) electrons. The highest BCUT2D eigenvalue weighted by molar-refractivity contribution is 6.01.